The van der Waals surface area contributed by atoms with E-state index >= 15 is 0 Å². The van der Waals surface area contributed by atoms with Crippen LogP contribution >= 0.6 is 27.5 Å². The number of hydrogen-bond acceptors (Lipinski definition) is 0. The third kappa shape index (κ3) is 3.14. The van der Waals surface area contributed by atoms with E-state index in [0.717, 1.165) is 11.4 Å². The zero-order valence-corrected chi connectivity index (χ0v) is 14.2. The molecule has 3 aromatic carbocycles. The summed E-state index contributed by atoms with van der Waals surface area (Å²) >= 11 is 9.92. The predicted octanol–water partition coefficient (Wildman–Crippen LogP) is 6.48. The molecule has 0 aliphatic rings. The zero-order chi connectivity index (χ0) is 14.8. The van der Waals surface area contributed by atoms with Crippen molar-refractivity contribution < 1.29 is 0 Å². The van der Waals surface area contributed by atoms with Crippen molar-refractivity contribution in [2.45, 2.75) is 18.2 Å². The normalized spacial score (nSPS) is 12.5. The zero-order valence-electron chi connectivity index (χ0n) is 11.8. The molecule has 106 valence electrons. The molecule has 0 aromatic heterocycles. The second-order valence-corrected chi connectivity index (χ2v) is 6.86. The third-order valence-corrected chi connectivity index (χ3v) is 4.87. The van der Waals surface area contributed by atoms with Crippen LogP contribution < -0.4 is 0 Å². The van der Waals surface area contributed by atoms with Gasteiger partial charge in [0.2, 0.25) is 0 Å². The highest BCUT2D eigenvalue weighted by Gasteiger charge is 2.13. The minimum Gasteiger partial charge on any atom is -0.0843 e. The summed E-state index contributed by atoms with van der Waals surface area (Å²) < 4.78 is 0. The summed E-state index contributed by atoms with van der Waals surface area (Å²) in [5.74, 6) is 0. The van der Waals surface area contributed by atoms with Crippen LogP contribution in [0.4, 0.5) is 0 Å². The van der Waals surface area contributed by atoms with E-state index in [-0.39, 0.29) is 4.83 Å². The highest BCUT2D eigenvalue weighted by atomic mass is 79.9. The maximum Gasteiger partial charge on any atom is 0.0441 e. The Hall–Kier alpha value is -1.31. The van der Waals surface area contributed by atoms with E-state index in [1.807, 2.05) is 18.2 Å². The molecule has 1 atom stereocenters. The summed E-state index contributed by atoms with van der Waals surface area (Å²) in [5, 5.41) is 3.44. The van der Waals surface area contributed by atoms with E-state index in [2.05, 4.69) is 65.3 Å². The molecule has 3 aromatic rings. The standard InChI is InChI=1S/C19H16BrCl/c1-13-9-10-18(17-8-3-2-7-16(13)17)19(20)12-14-5-4-6-15(21)11-14/h2-11,19H,12H2,1H3. The second-order valence-electron chi connectivity index (χ2n) is 5.32. The largest absolute Gasteiger partial charge is 0.0843 e. The van der Waals surface area contributed by atoms with Gasteiger partial charge in [-0.2, -0.15) is 0 Å². The number of rotatable bonds is 3. The van der Waals surface area contributed by atoms with Crippen LogP contribution in [0, 0.1) is 6.92 Å². The Balaban J connectivity index is 1.98. The lowest BCUT2D eigenvalue weighted by Crippen LogP contribution is -1.97. The van der Waals surface area contributed by atoms with Gasteiger partial charge in [-0.15, -0.1) is 0 Å². The van der Waals surface area contributed by atoms with Crippen molar-refractivity contribution in [3.05, 3.63) is 82.4 Å². The molecule has 0 spiro atoms. The van der Waals surface area contributed by atoms with E-state index < -0.39 is 0 Å². The quantitative estimate of drug-likeness (QED) is 0.469. The van der Waals surface area contributed by atoms with E-state index in [9.17, 15) is 0 Å². The lowest BCUT2D eigenvalue weighted by atomic mass is 9.96. The summed E-state index contributed by atoms with van der Waals surface area (Å²) in [6.07, 6.45) is 0.924. The van der Waals surface area contributed by atoms with Crippen LogP contribution in [-0.4, -0.2) is 0 Å². The molecule has 0 aliphatic heterocycles. The summed E-state index contributed by atoms with van der Waals surface area (Å²) in [7, 11) is 0. The maximum atomic E-state index is 6.07. The van der Waals surface area contributed by atoms with Crippen molar-refractivity contribution in [2.75, 3.05) is 0 Å². The Morgan fingerprint density at radius 1 is 0.952 bits per heavy atom. The first-order valence-corrected chi connectivity index (χ1v) is 8.31. The molecule has 0 bridgehead atoms. The summed E-state index contributed by atoms with van der Waals surface area (Å²) in [6, 6.07) is 21.1. The number of aryl methyl sites for hydroxylation is 1. The summed E-state index contributed by atoms with van der Waals surface area (Å²) in [4.78, 5) is 0.279. The minimum atomic E-state index is 0.279. The van der Waals surface area contributed by atoms with Gasteiger partial charge in [-0.25, -0.2) is 0 Å². The van der Waals surface area contributed by atoms with Gasteiger partial charge in [-0.05, 0) is 52.9 Å². The Morgan fingerprint density at radius 2 is 1.71 bits per heavy atom. The highest BCUT2D eigenvalue weighted by Crippen LogP contribution is 2.34. The molecule has 0 saturated carbocycles. The van der Waals surface area contributed by atoms with E-state index in [1.165, 1.54) is 27.5 Å². The first kappa shape index (κ1) is 14.6. The number of fused-ring (bicyclic) bond motifs is 1. The molecule has 1 unspecified atom stereocenters. The fourth-order valence-electron chi connectivity index (χ4n) is 2.73. The molecule has 0 amide bonds. The molecule has 0 N–H and O–H groups in total. The molecule has 2 heteroatoms. The molecule has 0 nitrogen and oxygen atoms in total. The average Bonchev–Trinajstić information content (AvgIpc) is 2.48. The van der Waals surface area contributed by atoms with Crippen molar-refractivity contribution in [3.63, 3.8) is 0 Å². The van der Waals surface area contributed by atoms with Gasteiger partial charge in [0.15, 0.2) is 0 Å². The van der Waals surface area contributed by atoms with Gasteiger partial charge in [0, 0.05) is 9.85 Å². The smallest absolute Gasteiger partial charge is 0.0441 e. The van der Waals surface area contributed by atoms with E-state index in [4.69, 9.17) is 11.6 Å². The van der Waals surface area contributed by atoms with Crippen molar-refractivity contribution >= 4 is 38.3 Å². The lowest BCUT2D eigenvalue weighted by molar-refractivity contribution is 0.957. The van der Waals surface area contributed by atoms with Crippen molar-refractivity contribution in [2.24, 2.45) is 0 Å². The predicted molar refractivity (Wildman–Crippen MR) is 95.5 cm³/mol. The molecular formula is C19H16BrCl. The molecule has 0 fully saturated rings. The SMILES string of the molecule is Cc1ccc(C(Br)Cc2cccc(Cl)c2)c2ccccc12. The fourth-order valence-corrected chi connectivity index (χ4v) is 3.71. The molecule has 3 rings (SSSR count). The van der Waals surface area contributed by atoms with E-state index in [1.54, 1.807) is 0 Å². The lowest BCUT2D eigenvalue weighted by Gasteiger charge is -2.15. The van der Waals surface area contributed by atoms with Gasteiger partial charge in [0.25, 0.3) is 0 Å². The Morgan fingerprint density at radius 3 is 2.48 bits per heavy atom. The van der Waals surface area contributed by atoms with Gasteiger partial charge < -0.3 is 0 Å². The van der Waals surface area contributed by atoms with Crippen molar-refractivity contribution in [1.29, 1.82) is 0 Å². The van der Waals surface area contributed by atoms with Gasteiger partial charge in [0.1, 0.15) is 0 Å². The van der Waals surface area contributed by atoms with Crippen LogP contribution in [0.2, 0.25) is 5.02 Å². The van der Waals surface area contributed by atoms with Crippen LogP contribution in [0.3, 0.4) is 0 Å². The van der Waals surface area contributed by atoms with Gasteiger partial charge in [-0.3, -0.25) is 0 Å². The molecule has 0 radical (unpaired) electrons. The van der Waals surface area contributed by atoms with Crippen LogP contribution in [0.1, 0.15) is 21.5 Å². The number of halogens is 2. The Bertz CT molecular complexity index is 779. The van der Waals surface area contributed by atoms with Crippen molar-refractivity contribution in [1.82, 2.24) is 0 Å². The molecule has 0 aliphatic carbocycles. The minimum absolute atomic E-state index is 0.279. The van der Waals surface area contributed by atoms with Crippen LogP contribution in [0.25, 0.3) is 10.8 Å². The van der Waals surface area contributed by atoms with Crippen molar-refractivity contribution in [3.8, 4) is 0 Å². The second kappa shape index (κ2) is 6.21. The topological polar surface area (TPSA) is 0 Å². The van der Waals surface area contributed by atoms with Crippen LogP contribution in [-0.2, 0) is 6.42 Å². The van der Waals surface area contributed by atoms with Gasteiger partial charge in [0.05, 0.1) is 0 Å². The van der Waals surface area contributed by atoms with Crippen LogP contribution in [0.15, 0.2) is 60.7 Å². The monoisotopic (exact) mass is 358 g/mol. The number of hydrogen-bond donors (Lipinski definition) is 0. The van der Waals surface area contributed by atoms with Gasteiger partial charge >= 0.3 is 0 Å². The molecule has 0 saturated heterocycles. The Labute approximate surface area is 138 Å². The fraction of sp³-hybridized carbons (Fsp3) is 0.158. The number of benzene rings is 3. The summed E-state index contributed by atoms with van der Waals surface area (Å²) in [5.41, 5.74) is 3.89. The molecule has 21 heavy (non-hydrogen) atoms. The highest BCUT2D eigenvalue weighted by molar-refractivity contribution is 9.09. The number of alkyl halides is 1. The summed E-state index contributed by atoms with van der Waals surface area (Å²) in [6.45, 7) is 2.16. The molecular weight excluding hydrogens is 344 g/mol. The van der Waals surface area contributed by atoms with Crippen LogP contribution in [0.5, 0.6) is 0 Å². The Kier molecular flexibility index (Phi) is 4.32. The molecule has 0 heterocycles. The first-order valence-electron chi connectivity index (χ1n) is 7.02. The average molecular weight is 360 g/mol. The van der Waals surface area contributed by atoms with Gasteiger partial charge in [-0.1, -0.05) is 76.1 Å². The third-order valence-electron chi connectivity index (χ3n) is 3.82. The first-order chi connectivity index (χ1) is 10.1. The van der Waals surface area contributed by atoms with E-state index in [0.29, 0.717) is 0 Å². The maximum absolute atomic E-state index is 6.07.